The Labute approximate surface area is 112 Å². The van der Waals surface area contributed by atoms with E-state index in [0.29, 0.717) is 6.04 Å². The molecular weight excluding hydrogens is 238 g/mol. The molecule has 0 radical (unpaired) electrons. The molecule has 0 saturated carbocycles. The molecule has 0 bridgehead atoms. The van der Waals surface area contributed by atoms with Crippen LogP contribution in [0.25, 0.3) is 0 Å². The average Bonchev–Trinajstić information content (AvgIpc) is 2.93. The van der Waals surface area contributed by atoms with Gasteiger partial charge in [0.2, 0.25) is 0 Å². The minimum atomic E-state index is 0.333. The van der Waals surface area contributed by atoms with Crippen molar-refractivity contribution >= 4 is 11.6 Å². The van der Waals surface area contributed by atoms with Gasteiger partial charge in [0, 0.05) is 5.69 Å². The normalized spacial score (nSPS) is 18.5. The van der Waals surface area contributed by atoms with Crippen molar-refractivity contribution in [2.75, 3.05) is 11.9 Å². The molecule has 0 spiro atoms. The number of hydrogen-bond acceptors (Lipinski definition) is 5. The van der Waals surface area contributed by atoms with E-state index in [9.17, 15) is 0 Å². The van der Waals surface area contributed by atoms with Crippen LogP contribution in [0.3, 0.4) is 0 Å². The Kier molecular flexibility index (Phi) is 3.37. The molecule has 3 rings (SSSR count). The van der Waals surface area contributed by atoms with Crippen LogP contribution in [-0.4, -0.2) is 21.5 Å². The molecule has 3 heterocycles. The second kappa shape index (κ2) is 5.32. The quantitative estimate of drug-likeness (QED) is 0.881. The molecule has 5 nitrogen and oxygen atoms in total. The highest BCUT2D eigenvalue weighted by Gasteiger charge is 2.17. The highest BCUT2D eigenvalue weighted by molar-refractivity contribution is 5.50. The number of aromatic nitrogens is 3. The zero-order valence-electron chi connectivity index (χ0n) is 10.9. The first kappa shape index (κ1) is 12.0. The second-order valence-corrected chi connectivity index (χ2v) is 4.77. The van der Waals surface area contributed by atoms with Crippen LogP contribution in [0.5, 0.6) is 0 Å². The average molecular weight is 255 g/mol. The van der Waals surface area contributed by atoms with E-state index in [0.717, 1.165) is 36.0 Å². The van der Waals surface area contributed by atoms with Crippen molar-refractivity contribution in [1.29, 1.82) is 0 Å². The van der Waals surface area contributed by atoms with Crippen LogP contribution in [0.15, 0.2) is 30.6 Å². The molecule has 1 saturated heterocycles. The number of rotatable bonds is 3. The smallest absolute Gasteiger partial charge is 0.150 e. The molecule has 0 unspecified atom stereocenters. The van der Waals surface area contributed by atoms with Gasteiger partial charge in [0.1, 0.15) is 11.6 Å². The maximum atomic E-state index is 4.60. The van der Waals surface area contributed by atoms with Crippen molar-refractivity contribution < 1.29 is 0 Å². The van der Waals surface area contributed by atoms with E-state index in [2.05, 4.69) is 25.6 Å². The SMILES string of the molecule is Cc1cccc(Nc2cncc([C@H]3CCCN3)n2)n1. The fraction of sp³-hybridized carbons (Fsp3) is 0.357. The van der Waals surface area contributed by atoms with E-state index in [4.69, 9.17) is 0 Å². The Hall–Kier alpha value is -2.01. The summed E-state index contributed by atoms with van der Waals surface area (Å²) in [5, 5.41) is 6.62. The summed E-state index contributed by atoms with van der Waals surface area (Å²) in [5.74, 6) is 1.54. The molecule has 19 heavy (non-hydrogen) atoms. The van der Waals surface area contributed by atoms with Gasteiger partial charge in [-0.1, -0.05) is 6.07 Å². The third-order valence-corrected chi connectivity index (χ3v) is 3.21. The lowest BCUT2D eigenvalue weighted by Crippen LogP contribution is -2.15. The molecule has 2 N–H and O–H groups in total. The van der Waals surface area contributed by atoms with E-state index in [1.165, 1.54) is 6.42 Å². The van der Waals surface area contributed by atoms with E-state index in [1.54, 1.807) is 6.20 Å². The Balaban J connectivity index is 1.79. The van der Waals surface area contributed by atoms with Crippen molar-refractivity contribution in [3.63, 3.8) is 0 Å². The standard InChI is InChI=1S/C14H17N5/c1-10-4-2-6-13(17-10)19-14-9-15-8-12(18-14)11-5-3-7-16-11/h2,4,6,8-9,11,16H,3,5,7H2,1H3,(H,17,18,19)/t11-/m1/s1. The zero-order valence-corrected chi connectivity index (χ0v) is 10.9. The van der Waals surface area contributed by atoms with Crippen LogP contribution in [0, 0.1) is 6.92 Å². The number of pyridine rings is 1. The molecule has 5 heteroatoms. The summed E-state index contributed by atoms with van der Waals surface area (Å²) in [4.78, 5) is 13.3. The van der Waals surface area contributed by atoms with Crippen LogP contribution in [0.1, 0.15) is 30.3 Å². The monoisotopic (exact) mass is 255 g/mol. The van der Waals surface area contributed by atoms with Crippen LogP contribution >= 0.6 is 0 Å². The predicted octanol–water partition coefficient (Wildman–Crippen LogP) is 2.35. The first-order chi connectivity index (χ1) is 9.31. The van der Waals surface area contributed by atoms with Gasteiger partial charge in [0.05, 0.1) is 24.1 Å². The molecule has 0 aliphatic carbocycles. The van der Waals surface area contributed by atoms with Crippen molar-refractivity contribution in [2.24, 2.45) is 0 Å². The van der Waals surface area contributed by atoms with Gasteiger partial charge in [-0.05, 0) is 38.4 Å². The first-order valence-corrected chi connectivity index (χ1v) is 6.57. The Morgan fingerprint density at radius 2 is 2.16 bits per heavy atom. The predicted molar refractivity (Wildman–Crippen MR) is 74.3 cm³/mol. The topological polar surface area (TPSA) is 62.7 Å². The van der Waals surface area contributed by atoms with Crippen molar-refractivity contribution in [3.05, 3.63) is 42.0 Å². The Bertz CT molecular complexity index is 563. The minimum absolute atomic E-state index is 0.333. The maximum Gasteiger partial charge on any atom is 0.150 e. The molecular formula is C14H17N5. The van der Waals surface area contributed by atoms with Crippen molar-refractivity contribution in [3.8, 4) is 0 Å². The van der Waals surface area contributed by atoms with Gasteiger partial charge in [0.25, 0.3) is 0 Å². The van der Waals surface area contributed by atoms with Crippen LogP contribution in [-0.2, 0) is 0 Å². The summed E-state index contributed by atoms with van der Waals surface area (Å²) in [6.07, 6.45) is 5.88. The summed E-state index contributed by atoms with van der Waals surface area (Å²) in [6.45, 7) is 3.03. The summed E-state index contributed by atoms with van der Waals surface area (Å²) in [5.41, 5.74) is 1.97. The van der Waals surface area contributed by atoms with E-state index >= 15 is 0 Å². The number of hydrogen-bond donors (Lipinski definition) is 2. The Morgan fingerprint density at radius 3 is 2.95 bits per heavy atom. The number of nitrogens with zero attached hydrogens (tertiary/aromatic N) is 3. The van der Waals surface area contributed by atoms with Crippen molar-refractivity contribution in [1.82, 2.24) is 20.3 Å². The van der Waals surface area contributed by atoms with Gasteiger partial charge in [0.15, 0.2) is 0 Å². The fourth-order valence-electron chi connectivity index (χ4n) is 2.29. The van der Waals surface area contributed by atoms with Crippen LogP contribution in [0.2, 0.25) is 0 Å². The van der Waals surface area contributed by atoms with Gasteiger partial charge >= 0.3 is 0 Å². The fourth-order valence-corrected chi connectivity index (χ4v) is 2.29. The largest absolute Gasteiger partial charge is 0.324 e. The van der Waals surface area contributed by atoms with Gasteiger partial charge in [-0.2, -0.15) is 0 Å². The molecule has 1 aliphatic heterocycles. The molecule has 2 aromatic heterocycles. The summed E-state index contributed by atoms with van der Waals surface area (Å²) in [7, 11) is 0. The lowest BCUT2D eigenvalue weighted by Gasteiger charge is -2.11. The lowest BCUT2D eigenvalue weighted by atomic mass is 10.2. The van der Waals surface area contributed by atoms with E-state index in [1.807, 2.05) is 31.3 Å². The molecule has 1 atom stereocenters. The summed E-state index contributed by atoms with van der Waals surface area (Å²) >= 11 is 0. The van der Waals surface area contributed by atoms with Gasteiger partial charge in [-0.25, -0.2) is 9.97 Å². The number of nitrogens with one attached hydrogen (secondary N) is 2. The Morgan fingerprint density at radius 1 is 1.21 bits per heavy atom. The first-order valence-electron chi connectivity index (χ1n) is 6.57. The maximum absolute atomic E-state index is 4.60. The third-order valence-electron chi connectivity index (χ3n) is 3.21. The second-order valence-electron chi connectivity index (χ2n) is 4.77. The zero-order chi connectivity index (χ0) is 13.1. The molecule has 2 aromatic rings. The van der Waals surface area contributed by atoms with E-state index in [-0.39, 0.29) is 0 Å². The molecule has 0 aromatic carbocycles. The summed E-state index contributed by atoms with van der Waals surface area (Å²) in [6, 6.07) is 6.20. The molecule has 1 fully saturated rings. The molecule has 1 aliphatic rings. The minimum Gasteiger partial charge on any atom is -0.324 e. The third kappa shape index (κ3) is 2.88. The van der Waals surface area contributed by atoms with Gasteiger partial charge < -0.3 is 10.6 Å². The van der Waals surface area contributed by atoms with Gasteiger partial charge in [-0.3, -0.25) is 4.98 Å². The van der Waals surface area contributed by atoms with Gasteiger partial charge in [-0.15, -0.1) is 0 Å². The number of anilines is 2. The highest BCUT2D eigenvalue weighted by atomic mass is 15.1. The highest BCUT2D eigenvalue weighted by Crippen LogP contribution is 2.22. The summed E-state index contributed by atoms with van der Waals surface area (Å²) < 4.78 is 0. The lowest BCUT2D eigenvalue weighted by molar-refractivity contribution is 0.625. The molecule has 98 valence electrons. The van der Waals surface area contributed by atoms with Crippen LogP contribution in [0.4, 0.5) is 11.6 Å². The van der Waals surface area contributed by atoms with E-state index < -0.39 is 0 Å². The van der Waals surface area contributed by atoms with Crippen LogP contribution < -0.4 is 10.6 Å². The molecule has 0 amide bonds. The number of aryl methyl sites for hydroxylation is 1. The van der Waals surface area contributed by atoms with Crippen molar-refractivity contribution in [2.45, 2.75) is 25.8 Å².